The van der Waals surface area contributed by atoms with Crippen LogP contribution in [0.2, 0.25) is 0 Å². The summed E-state index contributed by atoms with van der Waals surface area (Å²) >= 11 is 7.82. The third-order valence-corrected chi connectivity index (χ3v) is 11.0. The summed E-state index contributed by atoms with van der Waals surface area (Å²) in [6, 6.07) is -2.38. The Hall–Kier alpha value is -7.19. The van der Waals surface area contributed by atoms with Crippen LogP contribution in [0.5, 0.6) is 0 Å². The third kappa shape index (κ3) is 17.4. The highest BCUT2D eigenvalue weighted by atomic mass is 32.1. The second-order valence-electron chi connectivity index (χ2n) is 15.6. The molecule has 1 fully saturated rings. The van der Waals surface area contributed by atoms with Crippen molar-refractivity contribution in [2.24, 2.45) is 5.73 Å². The number of amides is 8. The van der Waals surface area contributed by atoms with Gasteiger partial charge in [0.25, 0.3) is 11.8 Å². The van der Waals surface area contributed by atoms with Gasteiger partial charge in [0.05, 0.1) is 48.8 Å². The first-order valence-corrected chi connectivity index (χ1v) is 22.4. The second kappa shape index (κ2) is 27.1. The molecule has 25 nitrogen and oxygen atoms in total. The van der Waals surface area contributed by atoms with Crippen molar-refractivity contribution in [2.45, 2.75) is 93.5 Å². The van der Waals surface area contributed by atoms with Gasteiger partial charge >= 0.3 is 17.9 Å². The van der Waals surface area contributed by atoms with Crippen molar-refractivity contribution >= 4 is 107 Å². The lowest BCUT2D eigenvalue weighted by Gasteiger charge is -2.26. The third-order valence-electron chi connectivity index (χ3n) is 10.2. The van der Waals surface area contributed by atoms with E-state index in [1.54, 1.807) is 6.07 Å². The predicted molar refractivity (Wildman–Crippen MR) is 245 cm³/mol. The van der Waals surface area contributed by atoms with E-state index >= 15 is 0 Å². The lowest BCUT2D eigenvalue weighted by molar-refractivity contribution is -0.143. The number of hydrogen-bond acceptors (Lipinski definition) is 16. The number of thiol groups is 2. The zero-order chi connectivity index (χ0) is 52.3. The first kappa shape index (κ1) is 57.1. The monoisotopic (exact) mass is 1020 g/mol. The van der Waals surface area contributed by atoms with Crippen LogP contribution >= 0.6 is 25.3 Å². The smallest absolute Gasteiger partial charge is 0.327 e. The van der Waals surface area contributed by atoms with E-state index in [2.05, 4.69) is 67.5 Å². The lowest BCUT2D eigenvalue weighted by Crippen LogP contribution is -2.59. The van der Waals surface area contributed by atoms with Crippen LogP contribution in [0.1, 0.15) is 61.7 Å². The number of halogens is 2. The molecule has 1 saturated heterocycles. The number of nitriles is 1. The van der Waals surface area contributed by atoms with Gasteiger partial charge in [-0.25, -0.2) is 13.6 Å². The average Bonchev–Trinajstić information content (AvgIpc) is 3.63. The van der Waals surface area contributed by atoms with Crippen LogP contribution in [0, 0.1) is 11.3 Å². The number of nitrogens with one attached hydrogen (secondary N) is 7. The topological polar surface area (TPSA) is 399 Å². The standard InChI is InChI=1S/C41H51F2N11O14S2/c42-41(43)14-20(15-45)54(19-41)31(57)16-47-35(62)22-9-11-46-34-21(22)4-3-6-23(34)48-29(55)7-8-30(56)49-25(12-32(58)59)37(64)50-24(5-1-2-10-44)36(63)51-26(13-33(60)61)38(65)52-27(17-69)39(66)53-28(18-70)40(67)68/h3-4,6,9,11,20,24-28,69-70H,1-2,5,7-8,10,12-14,16-19,44H2,(H,47,62)(H,48,55)(H,49,56)(H,50,64)(H,51,63)(H,52,65)(H,53,66)(H,58,59)(H,60,61)(H,67,68)/t20-,24-,25-,26-,27-,28-/m0/s1. The van der Waals surface area contributed by atoms with Crippen LogP contribution in [0.25, 0.3) is 10.9 Å². The summed E-state index contributed by atoms with van der Waals surface area (Å²) in [6.45, 7) is -1.55. The molecule has 1 aliphatic heterocycles. The van der Waals surface area contributed by atoms with E-state index in [-0.39, 0.29) is 47.3 Å². The fourth-order valence-electron chi connectivity index (χ4n) is 6.73. The van der Waals surface area contributed by atoms with E-state index in [1.165, 1.54) is 30.5 Å². The van der Waals surface area contributed by atoms with Gasteiger partial charge in [-0.15, -0.1) is 0 Å². The maximum absolute atomic E-state index is 13.8. The number of anilines is 1. The number of aliphatic carboxylic acids is 3. The Morgan fingerprint density at radius 2 is 1.34 bits per heavy atom. The number of carbonyl (C=O) groups excluding carboxylic acids is 8. The Morgan fingerprint density at radius 3 is 1.93 bits per heavy atom. The van der Waals surface area contributed by atoms with Crippen LogP contribution in [-0.4, -0.2) is 164 Å². The van der Waals surface area contributed by atoms with Gasteiger partial charge in [-0.1, -0.05) is 12.1 Å². The molecule has 0 bridgehead atoms. The van der Waals surface area contributed by atoms with Crippen LogP contribution in [0.15, 0.2) is 30.5 Å². The molecule has 0 radical (unpaired) electrons. The Morgan fingerprint density at radius 1 is 0.786 bits per heavy atom. The Bertz CT molecular complexity index is 2380. The summed E-state index contributed by atoms with van der Waals surface area (Å²) in [5.74, 6) is -16.6. The lowest BCUT2D eigenvalue weighted by atomic mass is 10.1. The first-order chi connectivity index (χ1) is 33.0. The van der Waals surface area contributed by atoms with Crippen molar-refractivity contribution in [1.29, 1.82) is 5.26 Å². The van der Waals surface area contributed by atoms with E-state index in [9.17, 15) is 82.1 Å². The molecule has 8 amide bonds. The predicted octanol–water partition coefficient (Wildman–Crippen LogP) is -2.11. The minimum Gasteiger partial charge on any atom is -0.481 e. The molecule has 70 heavy (non-hydrogen) atoms. The Balaban J connectivity index is 1.68. The highest BCUT2D eigenvalue weighted by Crippen LogP contribution is 2.31. The number of unbranched alkanes of at least 4 members (excludes halogenated alkanes) is 1. The van der Waals surface area contributed by atoms with Gasteiger partial charge in [0.15, 0.2) is 0 Å². The zero-order valence-electron chi connectivity index (χ0n) is 36.9. The van der Waals surface area contributed by atoms with Crippen molar-refractivity contribution < 1.29 is 76.8 Å². The minimum absolute atomic E-state index is 0.0215. The number of nitrogens with zero attached hydrogens (tertiary/aromatic N) is 3. The summed E-state index contributed by atoms with van der Waals surface area (Å²) in [6.07, 6.45) is -2.55. The van der Waals surface area contributed by atoms with E-state index in [0.29, 0.717) is 11.3 Å². The van der Waals surface area contributed by atoms with Crippen LogP contribution in [0.4, 0.5) is 14.5 Å². The van der Waals surface area contributed by atoms with Gasteiger partial charge in [-0.2, -0.15) is 30.5 Å². The fraction of sp³-hybridized carbons (Fsp3) is 0.488. The number of carbonyl (C=O) groups is 11. The van der Waals surface area contributed by atoms with E-state index < -0.39 is 158 Å². The highest BCUT2D eigenvalue weighted by molar-refractivity contribution is 7.80. The average molecular weight is 1020 g/mol. The molecule has 1 aliphatic rings. The largest absolute Gasteiger partial charge is 0.481 e. The van der Waals surface area contributed by atoms with Gasteiger partial charge in [0, 0.05) is 42.4 Å². The number of hydrogen-bond donors (Lipinski definition) is 13. The van der Waals surface area contributed by atoms with E-state index in [0.717, 1.165) is 0 Å². The molecule has 0 aliphatic carbocycles. The maximum atomic E-state index is 13.8. The summed E-state index contributed by atoms with van der Waals surface area (Å²) < 4.78 is 27.7. The second-order valence-corrected chi connectivity index (χ2v) is 16.3. The summed E-state index contributed by atoms with van der Waals surface area (Å²) in [5.41, 5.74) is 5.71. The molecule has 0 saturated carbocycles. The number of likely N-dealkylation sites (tertiary alicyclic amines) is 1. The van der Waals surface area contributed by atoms with Gasteiger partial charge in [0.1, 0.15) is 36.3 Å². The molecular formula is C41H51F2N11O14S2. The van der Waals surface area contributed by atoms with Crippen LogP contribution in [0.3, 0.4) is 0 Å². The normalized spacial score (nSPS) is 15.9. The van der Waals surface area contributed by atoms with Crippen molar-refractivity contribution in [3.8, 4) is 6.07 Å². The number of nitrogens with two attached hydrogens (primary N) is 1. The number of rotatable bonds is 27. The fourth-order valence-corrected chi connectivity index (χ4v) is 7.23. The van der Waals surface area contributed by atoms with Gasteiger partial charge in [-0.05, 0) is 37.9 Å². The van der Waals surface area contributed by atoms with Crippen LogP contribution in [-0.2, 0) is 47.9 Å². The summed E-state index contributed by atoms with van der Waals surface area (Å²) in [7, 11) is 0. The number of carboxylic acids is 3. The Labute approximate surface area is 407 Å². The number of pyridine rings is 1. The van der Waals surface area contributed by atoms with Crippen molar-refractivity contribution in [1.82, 2.24) is 41.8 Å². The molecule has 0 spiro atoms. The zero-order valence-corrected chi connectivity index (χ0v) is 38.7. The number of benzene rings is 1. The molecule has 0 unspecified atom stereocenters. The number of fused-ring (bicyclic) bond motifs is 1. The molecule has 1 aromatic heterocycles. The Kier molecular flexibility index (Phi) is 22.1. The van der Waals surface area contributed by atoms with E-state index in [4.69, 9.17) is 5.73 Å². The molecule has 3 rings (SSSR count). The molecule has 29 heteroatoms. The van der Waals surface area contributed by atoms with Crippen molar-refractivity contribution in [3.63, 3.8) is 0 Å². The number of aromatic nitrogens is 1. The minimum atomic E-state index is -3.26. The molecule has 380 valence electrons. The van der Waals surface area contributed by atoms with Gasteiger partial charge in [0.2, 0.25) is 41.4 Å². The number of para-hydroxylation sites is 1. The maximum Gasteiger partial charge on any atom is 0.327 e. The SMILES string of the molecule is N#C[C@@H]1CC(F)(F)CN1C(=O)CNC(=O)c1ccnc2c(NC(=O)CCC(=O)N[C@@H](CC(=O)O)C(=O)N[C@@H](CCCCN)C(=O)N[C@@H](CC(=O)O)C(=O)N[C@@H](CS)C(=O)N[C@@H](CS)C(=O)O)cccc12. The molecule has 2 heterocycles. The quantitative estimate of drug-likeness (QED) is 0.0336. The molecular weight excluding hydrogens is 973 g/mol. The van der Waals surface area contributed by atoms with Crippen molar-refractivity contribution in [3.05, 3.63) is 36.0 Å². The summed E-state index contributed by atoms with van der Waals surface area (Å²) in [5, 5.41) is 53.5. The summed E-state index contributed by atoms with van der Waals surface area (Å²) in [4.78, 5) is 145. The highest BCUT2D eigenvalue weighted by Gasteiger charge is 2.47. The number of carboxylic acid groups (broad SMARTS) is 3. The number of alkyl halides is 2. The van der Waals surface area contributed by atoms with Gasteiger partial charge in [-0.3, -0.25) is 52.9 Å². The molecule has 2 aromatic rings. The molecule has 12 N–H and O–H groups in total. The molecule has 1 aromatic carbocycles. The van der Waals surface area contributed by atoms with E-state index in [1.807, 2.05) is 0 Å². The van der Waals surface area contributed by atoms with Crippen LogP contribution < -0.4 is 43.0 Å². The molecule has 6 atom stereocenters. The first-order valence-electron chi connectivity index (χ1n) is 21.2. The van der Waals surface area contributed by atoms with Gasteiger partial charge < -0.3 is 63.2 Å². The van der Waals surface area contributed by atoms with Crippen molar-refractivity contribution in [2.75, 3.05) is 36.5 Å².